The molecule has 3 N–H and O–H groups in total. The Hall–Kier alpha value is -1.50. The molecule has 0 spiro atoms. The van der Waals surface area contributed by atoms with Gasteiger partial charge >= 0.3 is 0 Å². The summed E-state index contributed by atoms with van der Waals surface area (Å²) < 4.78 is 0. The van der Waals surface area contributed by atoms with Gasteiger partial charge in [0.05, 0.1) is 11.6 Å². The molecule has 0 heterocycles. The van der Waals surface area contributed by atoms with Crippen molar-refractivity contribution >= 4 is 23.2 Å². The van der Waals surface area contributed by atoms with Crippen LogP contribution in [0.2, 0.25) is 5.02 Å². The van der Waals surface area contributed by atoms with Crippen molar-refractivity contribution in [1.82, 2.24) is 0 Å². The summed E-state index contributed by atoms with van der Waals surface area (Å²) in [7, 11) is 0. The summed E-state index contributed by atoms with van der Waals surface area (Å²) in [6.07, 6.45) is 4.26. The summed E-state index contributed by atoms with van der Waals surface area (Å²) in [6, 6.07) is 5.33. The van der Waals surface area contributed by atoms with Crippen molar-refractivity contribution in [2.45, 2.75) is 25.7 Å². The third-order valence-corrected chi connectivity index (χ3v) is 3.61. The molecule has 19 heavy (non-hydrogen) atoms. The normalized spacial score (nSPS) is 14.8. The molecule has 1 amide bonds. The third-order valence-electron chi connectivity index (χ3n) is 3.28. The van der Waals surface area contributed by atoms with Crippen LogP contribution in [0.4, 0.5) is 5.69 Å². The van der Waals surface area contributed by atoms with E-state index in [-0.39, 0.29) is 18.4 Å². The summed E-state index contributed by atoms with van der Waals surface area (Å²) in [6.45, 7) is 0.287. The second-order valence-corrected chi connectivity index (χ2v) is 5.08. The van der Waals surface area contributed by atoms with E-state index >= 15 is 0 Å². The maximum absolute atomic E-state index is 12.0. The minimum atomic E-state index is 0.0950. The molecule has 0 saturated heterocycles. The fraction of sp³-hybridized carbons (Fsp3) is 0.400. The summed E-state index contributed by atoms with van der Waals surface area (Å²) in [4.78, 5) is 12.0. The van der Waals surface area contributed by atoms with Crippen LogP contribution >= 0.6 is 11.6 Å². The number of nitrogens with two attached hydrogens (primary N) is 1. The summed E-state index contributed by atoms with van der Waals surface area (Å²) >= 11 is 6.04. The molecule has 1 aromatic carbocycles. The first-order valence-corrected chi connectivity index (χ1v) is 6.88. The van der Waals surface area contributed by atoms with Gasteiger partial charge in [-0.2, -0.15) is 0 Å². The van der Waals surface area contributed by atoms with Gasteiger partial charge in [-0.3, -0.25) is 4.79 Å². The van der Waals surface area contributed by atoms with E-state index in [4.69, 9.17) is 17.3 Å². The van der Waals surface area contributed by atoms with Gasteiger partial charge in [0, 0.05) is 17.2 Å². The van der Waals surface area contributed by atoms with E-state index in [2.05, 4.69) is 17.2 Å². The van der Waals surface area contributed by atoms with E-state index < -0.39 is 0 Å². The Morgan fingerprint density at radius 1 is 1.42 bits per heavy atom. The highest BCUT2D eigenvalue weighted by Crippen LogP contribution is 2.26. The molecular formula is C15H17ClN2O. The van der Waals surface area contributed by atoms with Gasteiger partial charge in [-0.1, -0.05) is 36.3 Å². The van der Waals surface area contributed by atoms with Crippen LogP contribution in [0.15, 0.2) is 18.2 Å². The van der Waals surface area contributed by atoms with Crippen LogP contribution in [0.3, 0.4) is 0 Å². The number of hydrogen-bond donors (Lipinski definition) is 2. The molecule has 1 aliphatic carbocycles. The number of benzene rings is 1. The summed E-state index contributed by atoms with van der Waals surface area (Å²) in [5.74, 6) is 5.90. The second-order valence-electron chi connectivity index (χ2n) is 4.67. The monoisotopic (exact) mass is 276 g/mol. The fourth-order valence-electron chi connectivity index (χ4n) is 2.28. The van der Waals surface area contributed by atoms with Gasteiger partial charge in [0.2, 0.25) is 5.91 Å². The standard InChI is InChI=1S/C15H17ClN2O/c16-14-8-7-13(10-12(14)6-3-9-17)18-15(19)11-4-1-2-5-11/h7-8,10-11H,1-2,4-5,9,17H2,(H,18,19). The molecule has 3 nitrogen and oxygen atoms in total. The Balaban J connectivity index is 2.10. The number of rotatable bonds is 2. The quantitative estimate of drug-likeness (QED) is 0.816. The molecule has 0 bridgehead atoms. The number of hydrogen-bond acceptors (Lipinski definition) is 2. The molecule has 0 radical (unpaired) electrons. The maximum Gasteiger partial charge on any atom is 0.227 e. The lowest BCUT2D eigenvalue weighted by atomic mass is 10.1. The molecule has 0 aromatic heterocycles. The highest BCUT2D eigenvalue weighted by atomic mass is 35.5. The van der Waals surface area contributed by atoms with E-state index in [0.29, 0.717) is 10.6 Å². The number of anilines is 1. The van der Waals surface area contributed by atoms with Gasteiger partial charge < -0.3 is 11.1 Å². The van der Waals surface area contributed by atoms with Crippen LogP contribution in [0.1, 0.15) is 31.2 Å². The Labute approximate surface area is 118 Å². The van der Waals surface area contributed by atoms with Gasteiger partial charge in [-0.05, 0) is 31.0 Å². The molecule has 1 saturated carbocycles. The third kappa shape index (κ3) is 3.73. The fourth-order valence-corrected chi connectivity index (χ4v) is 2.44. The summed E-state index contributed by atoms with van der Waals surface area (Å²) in [5.41, 5.74) is 6.77. The van der Waals surface area contributed by atoms with Crippen molar-refractivity contribution in [3.05, 3.63) is 28.8 Å². The Morgan fingerprint density at radius 2 is 2.16 bits per heavy atom. The van der Waals surface area contributed by atoms with Crippen LogP contribution in [-0.2, 0) is 4.79 Å². The second kappa shape index (κ2) is 6.60. The first-order chi connectivity index (χ1) is 9.20. The van der Waals surface area contributed by atoms with E-state index in [1.165, 1.54) is 0 Å². The van der Waals surface area contributed by atoms with Gasteiger partial charge in [-0.25, -0.2) is 0 Å². The van der Waals surface area contributed by atoms with E-state index in [1.54, 1.807) is 18.2 Å². The smallest absolute Gasteiger partial charge is 0.227 e. The van der Waals surface area contributed by atoms with E-state index in [0.717, 1.165) is 31.4 Å². The Morgan fingerprint density at radius 3 is 2.84 bits per heavy atom. The van der Waals surface area contributed by atoms with Crippen molar-refractivity contribution in [3.8, 4) is 11.8 Å². The van der Waals surface area contributed by atoms with Crippen LogP contribution in [0, 0.1) is 17.8 Å². The van der Waals surface area contributed by atoms with Gasteiger partial charge in [0.25, 0.3) is 0 Å². The minimum Gasteiger partial charge on any atom is -0.326 e. The lowest BCUT2D eigenvalue weighted by molar-refractivity contribution is -0.119. The maximum atomic E-state index is 12.0. The number of halogens is 1. The first-order valence-electron chi connectivity index (χ1n) is 6.50. The highest BCUT2D eigenvalue weighted by molar-refractivity contribution is 6.31. The molecule has 2 rings (SSSR count). The summed E-state index contributed by atoms with van der Waals surface area (Å²) in [5, 5.41) is 3.50. The molecule has 4 heteroatoms. The highest BCUT2D eigenvalue weighted by Gasteiger charge is 2.22. The minimum absolute atomic E-state index is 0.0950. The number of carbonyl (C=O) groups is 1. The van der Waals surface area contributed by atoms with Crippen LogP contribution in [-0.4, -0.2) is 12.5 Å². The van der Waals surface area contributed by atoms with Crippen LogP contribution < -0.4 is 11.1 Å². The van der Waals surface area contributed by atoms with Gasteiger partial charge in [0.15, 0.2) is 0 Å². The number of nitrogens with one attached hydrogen (secondary N) is 1. The molecule has 1 aromatic rings. The average Bonchev–Trinajstić information content (AvgIpc) is 2.93. The van der Waals surface area contributed by atoms with Crippen molar-refractivity contribution < 1.29 is 4.79 Å². The molecule has 0 unspecified atom stereocenters. The molecule has 1 fully saturated rings. The largest absolute Gasteiger partial charge is 0.326 e. The molecule has 100 valence electrons. The topological polar surface area (TPSA) is 55.1 Å². The van der Waals surface area contributed by atoms with Gasteiger partial charge in [0.1, 0.15) is 0 Å². The zero-order chi connectivity index (χ0) is 13.7. The lowest BCUT2D eigenvalue weighted by Crippen LogP contribution is -2.20. The van der Waals surface area contributed by atoms with Crippen molar-refractivity contribution in [1.29, 1.82) is 0 Å². The Bertz CT molecular complexity index is 525. The van der Waals surface area contributed by atoms with E-state index in [1.807, 2.05) is 0 Å². The van der Waals surface area contributed by atoms with Crippen molar-refractivity contribution in [2.24, 2.45) is 11.7 Å². The van der Waals surface area contributed by atoms with Crippen molar-refractivity contribution in [2.75, 3.05) is 11.9 Å². The number of carbonyl (C=O) groups excluding carboxylic acids is 1. The predicted molar refractivity (Wildman–Crippen MR) is 78.0 cm³/mol. The molecular weight excluding hydrogens is 260 g/mol. The first kappa shape index (κ1) is 13.9. The van der Waals surface area contributed by atoms with E-state index in [9.17, 15) is 4.79 Å². The lowest BCUT2D eigenvalue weighted by Gasteiger charge is -2.11. The number of amides is 1. The predicted octanol–water partition coefficient (Wildman–Crippen LogP) is 2.78. The molecule has 1 aliphatic rings. The molecule has 0 aliphatic heterocycles. The van der Waals surface area contributed by atoms with Crippen LogP contribution in [0.5, 0.6) is 0 Å². The average molecular weight is 277 g/mol. The Kier molecular flexibility index (Phi) is 4.84. The van der Waals surface area contributed by atoms with Crippen molar-refractivity contribution in [3.63, 3.8) is 0 Å². The zero-order valence-corrected chi connectivity index (χ0v) is 11.5. The van der Waals surface area contributed by atoms with Gasteiger partial charge in [-0.15, -0.1) is 0 Å². The molecule has 0 atom stereocenters. The van der Waals surface area contributed by atoms with Crippen LogP contribution in [0.25, 0.3) is 0 Å². The SMILES string of the molecule is NCC#Cc1cc(NC(=O)C2CCCC2)ccc1Cl. The zero-order valence-electron chi connectivity index (χ0n) is 10.7.